The average molecular weight is 360 g/mol. The van der Waals surface area contributed by atoms with Gasteiger partial charge in [-0.15, -0.1) is 0 Å². The lowest BCUT2D eigenvalue weighted by molar-refractivity contribution is -0.118. The molecule has 0 spiro atoms. The third kappa shape index (κ3) is 5.69. The van der Waals surface area contributed by atoms with Gasteiger partial charge in [-0.2, -0.15) is 0 Å². The molecule has 5 nitrogen and oxygen atoms in total. The van der Waals surface area contributed by atoms with Gasteiger partial charge in [0.05, 0.1) is 4.90 Å². The van der Waals surface area contributed by atoms with Crippen LogP contribution in [0.3, 0.4) is 0 Å². The number of sulfonamides is 1. The average Bonchev–Trinajstić information content (AvgIpc) is 2.63. The molecule has 0 aliphatic heterocycles. The van der Waals surface area contributed by atoms with Gasteiger partial charge in [-0.1, -0.05) is 49.7 Å². The van der Waals surface area contributed by atoms with Crippen LogP contribution in [0.2, 0.25) is 0 Å². The second kappa shape index (κ2) is 9.34. The first-order chi connectivity index (χ1) is 12.0. The van der Waals surface area contributed by atoms with E-state index in [1.165, 1.54) is 12.1 Å². The normalized spacial score (nSPS) is 11.2. The molecule has 0 unspecified atom stereocenters. The summed E-state index contributed by atoms with van der Waals surface area (Å²) in [6.45, 7) is 2.78. The van der Waals surface area contributed by atoms with Crippen molar-refractivity contribution >= 4 is 21.6 Å². The number of nitrogens with one attached hydrogen (secondary N) is 1. The molecular formula is C19H24N2O3S. The Labute approximate surface area is 149 Å². The maximum absolute atomic E-state index is 12.6. The molecule has 0 heterocycles. The summed E-state index contributed by atoms with van der Waals surface area (Å²) < 4.78 is 26.9. The van der Waals surface area contributed by atoms with Crippen LogP contribution in [0.1, 0.15) is 26.2 Å². The van der Waals surface area contributed by atoms with E-state index in [2.05, 4.69) is 11.6 Å². The number of anilines is 1. The minimum Gasteiger partial charge on any atom is -0.312 e. The molecule has 0 aromatic heterocycles. The number of hydrogen-bond donors (Lipinski definition) is 1. The molecule has 0 aliphatic rings. The van der Waals surface area contributed by atoms with Gasteiger partial charge in [0.2, 0.25) is 15.9 Å². The number of carbonyl (C=O) groups excluding carboxylic acids is 1. The molecular weight excluding hydrogens is 336 g/mol. The van der Waals surface area contributed by atoms with Crippen molar-refractivity contribution in [3.8, 4) is 0 Å². The topological polar surface area (TPSA) is 66.5 Å². The number of carbonyl (C=O) groups is 1. The van der Waals surface area contributed by atoms with E-state index >= 15 is 0 Å². The Bertz CT molecular complexity index is 762. The lowest BCUT2D eigenvalue weighted by atomic mass is 10.2. The minimum absolute atomic E-state index is 0.0749. The fraction of sp³-hybridized carbons (Fsp3) is 0.316. The first-order valence-electron chi connectivity index (χ1n) is 8.44. The number of rotatable bonds is 9. The second-order valence-electron chi connectivity index (χ2n) is 5.70. The van der Waals surface area contributed by atoms with E-state index in [4.69, 9.17) is 0 Å². The summed E-state index contributed by atoms with van der Waals surface area (Å²) in [5, 5.41) is 0. The van der Waals surface area contributed by atoms with Crippen LogP contribution >= 0.6 is 0 Å². The first kappa shape index (κ1) is 19.1. The van der Waals surface area contributed by atoms with E-state index in [0.717, 1.165) is 18.5 Å². The van der Waals surface area contributed by atoms with Crippen LogP contribution < -0.4 is 9.62 Å². The highest BCUT2D eigenvalue weighted by atomic mass is 32.2. The Morgan fingerprint density at radius 3 is 2.20 bits per heavy atom. The number of benzene rings is 2. The quantitative estimate of drug-likeness (QED) is 0.747. The number of nitrogens with zero attached hydrogens (tertiary/aromatic N) is 1. The summed E-state index contributed by atoms with van der Waals surface area (Å²) in [5.74, 6) is -0.0876. The molecule has 0 saturated carbocycles. The SMILES string of the molecule is CCCCN(C(=O)CCNS(=O)(=O)c1ccccc1)c1ccccc1. The molecule has 6 heteroatoms. The summed E-state index contributed by atoms with van der Waals surface area (Å²) in [7, 11) is -3.58. The van der Waals surface area contributed by atoms with Crippen molar-refractivity contribution < 1.29 is 13.2 Å². The molecule has 1 N–H and O–H groups in total. The Morgan fingerprint density at radius 1 is 1.00 bits per heavy atom. The van der Waals surface area contributed by atoms with Crippen molar-refractivity contribution in [3.63, 3.8) is 0 Å². The summed E-state index contributed by atoms with van der Waals surface area (Å²) in [6, 6.07) is 17.6. The Morgan fingerprint density at radius 2 is 1.60 bits per heavy atom. The van der Waals surface area contributed by atoms with E-state index < -0.39 is 10.0 Å². The van der Waals surface area contributed by atoms with E-state index in [1.807, 2.05) is 30.3 Å². The van der Waals surface area contributed by atoms with Gasteiger partial charge in [0.25, 0.3) is 0 Å². The highest BCUT2D eigenvalue weighted by Gasteiger charge is 2.17. The molecule has 2 aromatic carbocycles. The zero-order chi connectivity index (χ0) is 18.1. The van der Waals surface area contributed by atoms with Crippen molar-refractivity contribution in [1.82, 2.24) is 4.72 Å². The van der Waals surface area contributed by atoms with Gasteiger partial charge in [0, 0.05) is 25.2 Å². The van der Waals surface area contributed by atoms with Crippen molar-refractivity contribution in [1.29, 1.82) is 0 Å². The number of unbranched alkanes of at least 4 members (excludes halogenated alkanes) is 1. The van der Waals surface area contributed by atoms with E-state index in [9.17, 15) is 13.2 Å². The monoisotopic (exact) mass is 360 g/mol. The molecule has 25 heavy (non-hydrogen) atoms. The van der Waals surface area contributed by atoms with Gasteiger partial charge in [-0.25, -0.2) is 13.1 Å². The standard InChI is InChI=1S/C19H24N2O3S/c1-2-3-16-21(17-10-6-4-7-11-17)19(22)14-15-20-25(23,24)18-12-8-5-9-13-18/h4-13,20H,2-3,14-16H2,1H3. The first-order valence-corrected chi connectivity index (χ1v) is 9.93. The molecule has 0 atom stereocenters. The molecule has 2 aromatic rings. The molecule has 0 radical (unpaired) electrons. The molecule has 2 rings (SSSR count). The number of para-hydroxylation sites is 1. The van der Waals surface area contributed by atoms with Crippen molar-refractivity contribution in [2.24, 2.45) is 0 Å². The number of hydrogen-bond acceptors (Lipinski definition) is 3. The van der Waals surface area contributed by atoms with E-state index in [1.54, 1.807) is 23.1 Å². The summed E-state index contributed by atoms with van der Waals surface area (Å²) in [6.07, 6.45) is 2.00. The fourth-order valence-electron chi connectivity index (χ4n) is 2.43. The lowest BCUT2D eigenvalue weighted by Gasteiger charge is -2.23. The second-order valence-corrected chi connectivity index (χ2v) is 7.46. The highest BCUT2D eigenvalue weighted by molar-refractivity contribution is 7.89. The Kier molecular flexibility index (Phi) is 7.16. The van der Waals surface area contributed by atoms with Gasteiger partial charge < -0.3 is 4.90 Å². The predicted molar refractivity (Wildman–Crippen MR) is 100.0 cm³/mol. The van der Waals surface area contributed by atoms with Crippen molar-refractivity contribution in [2.45, 2.75) is 31.1 Å². The molecule has 134 valence electrons. The largest absolute Gasteiger partial charge is 0.312 e. The highest BCUT2D eigenvalue weighted by Crippen LogP contribution is 2.15. The Balaban J connectivity index is 1.97. The maximum atomic E-state index is 12.6. The van der Waals surface area contributed by atoms with Crippen molar-refractivity contribution in [2.75, 3.05) is 18.0 Å². The van der Waals surface area contributed by atoms with Crippen LogP contribution in [0, 0.1) is 0 Å². The van der Waals surface area contributed by atoms with Gasteiger partial charge in [-0.3, -0.25) is 4.79 Å². The zero-order valence-corrected chi connectivity index (χ0v) is 15.2. The fourth-order valence-corrected chi connectivity index (χ4v) is 3.49. The lowest BCUT2D eigenvalue weighted by Crippen LogP contribution is -2.35. The van der Waals surface area contributed by atoms with Crippen LogP contribution in [0.15, 0.2) is 65.6 Å². The molecule has 1 amide bonds. The van der Waals surface area contributed by atoms with Gasteiger partial charge in [-0.05, 0) is 30.7 Å². The van der Waals surface area contributed by atoms with Gasteiger partial charge in [0.15, 0.2) is 0 Å². The molecule has 0 fully saturated rings. The maximum Gasteiger partial charge on any atom is 0.240 e. The van der Waals surface area contributed by atoms with Crippen LogP contribution in [0.4, 0.5) is 5.69 Å². The summed E-state index contributed by atoms with van der Waals surface area (Å²) in [4.78, 5) is 14.5. The predicted octanol–water partition coefficient (Wildman–Crippen LogP) is 3.19. The zero-order valence-electron chi connectivity index (χ0n) is 14.4. The van der Waals surface area contributed by atoms with Crippen LogP contribution in [0.5, 0.6) is 0 Å². The number of amides is 1. The third-order valence-corrected chi connectivity index (χ3v) is 5.27. The molecule has 0 saturated heterocycles. The molecule has 0 bridgehead atoms. The summed E-state index contributed by atoms with van der Waals surface area (Å²) in [5.41, 5.74) is 0.840. The Hall–Kier alpha value is -2.18. The smallest absolute Gasteiger partial charge is 0.240 e. The minimum atomic E-state index is -3.58. The van der Waals surface area contributed by atoms with E-state index in [-0.39, 0.29) is 23.8 Å². The van der Waals surface area contributed by atoms with Crippen LogP contribution in [0.25, 0.3) is 0 Å². The van der Waals surface area contributed by atoms with Crippen molar-refractivity contribution in [3.05, 3.63) is 60.7 Å². The summed E-state index contributed by atoms with van der Waals surface area (Å²) >= 11 is 0. The van der Waals surface area contributed by atoms with Crippen LogP contribution in [-0.4, -0.2) is 27.4 Å². The third-order valence-electron chi connectivity index (χ3n) is 3.79. The van der Waals surface area contributed by atoms with Gasteiger partial charge >= 0.3 is 0 Å². The molecule has 0 aliphatic carbocycles. The van der Waals surface area contributed by atoms with Crippen LogP contribution in [-0.2, 0) is 14.8 Å². The van der Waals surface area contributed by atoms with Gasteiger partial charge in [0.1, 0.15) is 0 Å². The van der Waals surface area contributed by atoms with E-state index in [0.29, 0.717) is 6.54 Å².